The molecule has 0 bridgehead atoms. The molecule has 0 spiro atoms. The fraction of sp³-hybridized carbons (Fsp3) is 0.348. The van der Waals surface area contributed by atoms with Crippen molar-refractivity contribution in [2.75, 3.05) is 47.7 Å². The van der Waals surface area contributed by atoms with E-state index in [-0.39, 0.29) is 16.7 Å². The van der Waals surface area contributed by atoms with Crippen LogP contribution in [0, 0.1) is 0 Å². The standard InChI is InChI=1S/C21H27N5O4S.C2HF3O2/c1-3-23-21(28)16-4-9-20(26-12-10-22-11-13-26)19(14-16)25-31(29,30)18-7-5-17(6-8-18)24-15(2)27;3-2(4,5)1(6)7/h4-9,14,22,25H,3,10-13H2,1-2H3,(H,23,28)(H,24,27);(H,6,7). The number of anilines is 3. The van der Waals surface area contributed by atoms with Crippen LogP contribution in [0.15, 0.2) is 47.4 Å². The van der Waals surface area contributed by atoms with Gasteiger partial charge in [0.15, 0.2) is 0 Å². The number of hydrogen-bond acceptors (Lipinski definition) is 7. The second-order valence-electron chi connectivity index (χ2n) is 7.94. The van der Waals surface area contributed by atoms with Crippen LogP contribution in [0.2, 0.25) is 0 Å². The number of hydrogen-bond donors (Lipinski definition) is 5. The van der Waals surface area contributed by atoms with Crippen LogP contribution in [-0.2, 0) is 19.6 Å². The number of amides is 2. The maximum atomic E-state index is 13.0. The van der Waals surface area contributed by atoms with Gasteiger partial charge in [-0.3, -0.25) is 14.3 Å². The van der Waals surface area contributed by atoms with Gasteiger partial charge in [-0.25, -0.2) is 13.2 Å². The monoisotopic (exact) mass is 559 g/mol. The van der Waals surface area contributed by atoms with E-state index >= 15 is 0 Å². The molecule has 2 aromatic rings. The van der Waals surface area contributed by atoms with Crippen molar-refractivity contribution in [1.29, 1.82) is 0 Å². The second kappa shape index (κ2) is 13.1. The average Bonchev–Trinajstić information content (AvgIpc) is 2.84. The van der Waals surface area contributed by atoms with Crippen molar-refractivity contribution in [3.05, 3.63) is 48.0 Å². The first-order chi connectivity index (χ1) is 17.7. The normalized spacial score (nSPS) is 13.6. The number of carboxylic acids is 1. The summed E-state index contributed by atoms with van der Waals surface area (Å²) in [5.74, 6) is -3.27. The number of carbonyl (C=O) groups excluding carboxylic acids is 2. The van der Waals surface area contributed by atoms with Gasteiger partial charge >= 0.3 is 12.1 Å². The Morgan fingerprint density at radius 3 is 2.13 bits per heavy atom. The molecule has 38 heavy (non-hydrogen) atoms. The summed E-state index contributed by atoms with van der Waals surface area (Å²) in [6.07, 6.45) is -5.08. The first kappa shape index (κ1) is 30.4. The Morgan fingerprint density at radius 1 is 1.05 bits per heavy atom. The molecule has 1 fully saturated rings. The number of alkyl halides is 3. The molecular weight excluding hydrogens is 531 g/mol. The number of carboxylic acid groups (broad SMARTS) is 1. The van der Waals surface area contributed by atoms with E-state index in [1.165, 1.54) is 31.2 Å². The third-order valence-corrected chi connectivity index (χ3v) is 6.41. The van der Waals surface area contributed by atoms with Crippen molar-refractivity contribution in [3.63, 3.8) is 0 Å². The quantitative estimate of drug-likeness (QED) is 0.346. The SMILES string of the molecule is CCNC(=O)c1ccc(N2CCNCC2)c(NS(=O)(=O)c2ccc(NC(C)=O)cc2)c1.O=C(O)C(F)(F)F. The van der Waals surface area contributed by atoms with Crippen molar-refractivity contribution in [2.24, 2.45) is 0 Å². The van der Waals surface area contributed by atoms with Crippen LogP contribution in [0.25, 0.3) is 0 Å². The minimum Gasteiger partial charge on any atom is -0.475 e. The molecule has 1 aliphatic rings. The highest BCUT2D eigenvalue weighted by Crippen LogP contribution is 2.30. The zero-order valence-electron chi connectivity index (χ0n) is 20.6. The van der Waals surface area contributed by atoms with Crippen LogP contribution in [0.1, 0.15) is 24.2 Å². The summed E-state index contributed by atoms with van der Waals surface area (Å²) in [6, 6.07) is 10.9. The zero-order chi connectivity index (χ0) is 28.5. The Hall–Kier alpha value is -3.85. The van der Waals surface area contributed by atoms with E-state index in [1.807, 2.05) is 6.92 Å². The molecule has 0 aliphatic carbocycles. The predicted octanol–water partition coefficient (Wildman–Crippen LogP) is 2.24. The molecule has 0 unspecified atom stereocenters. The van der Waals surface area contributed by atoms with Gasteiger partial charge in [0.1, 0.15) is 0 Å². The van der Waals surface area contributed by atoms with Crippen molar-refractivity contribution in [1.82, 2.24) is 10.6 Å². The van der Waals surface area contributed by atoms with Crippen molar-refractivity contribution < 1.29 is 41.1 Å². The van der Waals surface area contributed by atoms with Gasteiger partial charge in [-0.1, -0.05) is 0 Å². The molecule has 0 radical (unpaired) electrons. The zero-order valence-corrected chi connectivity index (χ0v) is 21.4. The van der Waals surface area contributed by atoms with E-state index in [0.717, 1.165) is 26.2 Å². The number of carbonyl (C=O) groups is 3. The molecule has 2 aromatic carbocycles. The summed E-state index contributed by atoms with van der Waals surface area (Å²) in [7, 11) is -3.91. The number of benzene rings is 2. The fourth-order valence-corrected chi connectivity index (χ4v) is 4.39. The van der Waals surface area contributed by atoms with Crippen molar-refractivity contribution >= 4 is 44.9 Å². The number of nitrogens with one attached hydrogen (secondary N) is 4. The molecule has 5 N–H and O–H groups in total. The molecule has 0 atom stereocenters. The largest absolute Gasteiger partial charge is 0.490 e. The number of nitrogens with zero attached hydrogens (tertiary/aromatic N) is 1. The molecule has 0 saturated carbocycles. The van der Waals surface area contributed by atoms with Gasteiger partial charge in [-0.15, -0.1) is 0 Å². The smallest absolute Gasteiger partial charge is 0.475 e. The number of piperazine rings is 1. The first-order valence-corrected chi connectivity index (χ1v) is 12.8. The summed E-state index contributed by atoms with van der Waals surface area (Å²) < 4.78 is 60.5. The second-order valence-corrected chi connectivity index (χ2v) is 9.62. The van der Waals surface area contributed by atoms with E-state index in [9.17, 15) is 31.2 Å². The highest BCUT2D eigenvalue weighted by Gasteiger charge is 2.38. The van der Waals surface area contributed by atoms with Crippen molar-refractivity contribution in [2.45, 2.75) is 24.9 Å². The maximum Gasteiger partial charge on any atom is 0.490 e. The molecule has 208 valence electrons. The van der Waals surface area contributed by atoms with Crippen LogP contribution >= 0.6 is 0 Å². The summed E-state index contributed by atoms with van der Waals surface area (Å²) in [4.78, 5) is 34.5. The van der Waals surface area contributed by atoms with Crippen LogP contribution < -0.4 is 25.6 Å². The van der Waals surface area contributed by atoms with E-state index in [0.29, 0.717) is 29.2 Å². The lowest BCUT2D eigenvalue weighted by atomic mass is 10.1. The maximum absolute atomic E-state index is 13.0. The van der Waals surface area contributed by atoms with Crippen LogP contribution in [0.3, 0.4) is 0 Å². The lowest BCUT2D eigenvalue weighted by Gasteiger charge is -2.31. The lowest BCUT2D eigenvalue weighted by Crippen LogP contribution is -2.43. The van der Waals surface area contributed by atoms with Gasteiger partial charge in [-0.05, 0) is 49.4 Å². The van der Waals surface area contributed by atoms with Gasteiger partial charge in [0.25, 0.3) is 15.9 Å². The first-order valence-electron chi connectivity index (χ1n) is 11.3. The van der Waals surface area contributed by atoms with Gasteiger partial charge < -0.3 is 26.0 Å². The Morgan fingerprint density at radius 2 is 1.63 bits per heavy atom. The number of halogens is 3. The van der Waals surface area contributed by atoms with Gasteiger partial charge in [-0.2, -0.15) is 13.2 Å². The number of sulfonamides is 1. The topological polar surface area (TPSA) is 157 Å². The van der Waals surface area contributed by atoms with E-state index in [4.69, 9.17) is 9.90 Å². The van der Waals surface area contributed by atoms with Crippen molar-refractivity contribution in [3.8, 4) is 0 Å². The molecule has 3 rings (SSSR count). The lowest BCUT2D eigenvalue weighted by molar-refractivity contribution is -0.192. The van der Waals surface area contributed by atoms with E-state index in [1.54, 1.807) is 18.2 Å². The van der Waals surface area contributed by atoms with Crippen LogP contribution in [0.5, 0.6) is 0 Å². The minimum atomic E-state index is -5.08. The summed E-state index contributed by atoms with van der Waals surface area (Å²) >= 11 is 0. The average molecular weight is 560 g/mol. The van der Waals surface area contributed by atoms with Crippen LogP contribution in [0.4, 0.5) is 30.2 Å². The Kier molecular flexibility index (Phi) is 10.5. The molecule has 2 amide bonds. The highest BCUT2D eigenvalue weighted by molar-refractivity contribution is 7.92. The Balaban J connectivity index is 0.000000638. The molecule has 1 aliphatic heterocycles. The van der Waals surface area contributed by atoms with Crippen LogP contribution in [-0.4, -0.2) is 70.2 Å². The number of rotatable bonds is 7. The fourth-order valence-electron chi connectivity index (χ4n) is 3.33. The molecule has 15 heteroatoms. The van der Waals surface area contributed by atoms with E-state index in [2.05, 4.69) is 25.6 Å². The van der Waals surface area contributed by atoms with E-state index < -0.39 is 22.2 Å². The highest BCUT2D eigenvalue weighted by atomic mass is 32.2. The van der Waals surface area contributed by atoms with Gasteiger partial charge in [0.2, 0.25) is 5.91 Å². The van der Waals surface area contributed by atoms with Gasteiger partial charge in [0.05, 0.1) is 16.3 Å². The minimum absolute atomic E-state index is 0.0521. The molecule has 0 aromatic heterocycles. The summed E-state index contributed by atoms with van der Waals surface area (Å²) in [5, 5.41) is 15.7. The van der Waals surface area contributed by atoms with Gasteiger partial charge in [0, 0.05) is 50.9 Å². The third kappa shape index (κ3) is 8.92. The Bertz CT molecular complexity index is 1250. The molecular formula is C23H28F3N5O6S. The number of aliphatic carboxylic acids is 1. The molecule has 11 nitrogen and oxygen atoms in total. The summed E-state index contributed by atoms with van der Waals surface area (Å²) in [6.45, 7) is 6.69. The molecule has 1 heterocycles. The predicted molar refractivity (Wildman–Crippen MR) is 135 cm³/mol. The molecule has 1 saturated heterocycles. The third-order valence-electron chi connectivity index (χ3n) is 5.03. The Labute approximate surface area is 217 Å². The summed E-state index contributed by atoms with van der Waals surface area (Å²) in [5.41, 5.74) is 1.94.